The largest absolute Gasteiger partial charge is 0.455 e. The van der Waals surface area contributed by atoms with E-state index in [-0.39, 0.29) is 0 Å². The van der Waals surface area contributed by atoms with Crippen LogP contribution in [0, 0.1) is 0 Å². The summed E-state index contributed by atoms with van der Waals surface area (Å²) in [6.07, 6.45) is -4.45. The van der Waals surface area contributed by atoms with Gasteiger partial charge in [0.1, 0.15) is 0 Å². The summed E-state index contributed by atoms with van der Waals surface area (Å²) in [5, 5.41) is 0. The van der Waals surface area contributed by atoms with Crippen molar-refractivity contribution in [2.75, 3.05) is 0 Å². The molecule has 2 nitrogen and oxygen atoms in total. The Kier molecular flexibility index (Phi) is 1.17. The monoisotopic (exact) mass is 165 g/mol. The number of rotatable bonds is 0. The van der Waals surface area contributed by atoms with Crippen molar-refractivity contribution < 1.29 is 22.4 Å². The predicted octanol–water partition coefficient (Wildman–Crippen LogP) is 1.57. The number of hydroxylamine groups is 1. The first-order valence-electron chi connectivity index (χ1n) is 1.79. The smallest absolute Gasteiger partial charge is 0.201 e. The summed E-state index contributed by atoms with van der Waals surface area (Å²) in [6.45, 7) is 0. The van der Waals surface area contributed by atoms with Crippen LogP contribution in [0.1, 0.15) is 0 Å². The second-order valence-corrected chi connectivity index (χ2v) is 1.70. The molecule has 9 heavy (non-hydrogen) atoms. The standard InChI is InChI=1S/C2ClF4NO/c3-8-1(4,5)2(6,7)9-8. The first-order valence-corrected chi connectivity index (χ1v) is 2.12. The molecule has 0 spiro atoms. The van der Waals surface area contributed by atoms with Gasteiger partial charge >= 0.3 is 12.2 Å². The Hall–Kier alpha value is -0.0700. The van der Waals surface area contributed by atoms with Crippen molar-refractivity contribution in [2.24, 2.45) is 0 Å². The van der Waals surface area contributed by atoms with E-state index in [2.05, 4.69) is 16.6 Å². The minimum absolute atomic E-state index is 0.715. The first kappa shape index (κ1) is 7.04. The molecule has 0 unspecified atom stereocenters. The second-order valence-electron chi connectivity index (χ2n) is 1.39. The van der Waals surface area contributed by atoms with Crippen LogP contribution in [0.15, 0.2) is 0 Å². The van der Waals surface area contributed by atoms with E-state index >= 15 is 0 Å². The van der Waals surface area contributed by atoms with E-state index in [1.165, 1.54) is 0 Å². The van der Waals surface area contributed by atoms with E-state index in [9.17, 15) is 17.6 Å². The van der Waals surface area contributed by atoms with Gasteiger partial charge in [-0.15, -0.1) is 0 Å². The molecule has 0 N–H and O–H groups in total. The Bertz CT molecular complexity index is 139. The van der Waals surface area contributed by atoms with Gasteiger partial charge in [-0.1, -0.05) is 0 Å². The fourth-order valence-corrected chi connectivity index (χ4v) is 0.461. The highest BCUT2D eigenvalue weighted by Gasteiger charge is 2.74. The van der Waals surface area contributed by atoms with Crippen LogP contribution in [-0.2, 0) is 4.84 Å². The molecule has 1 heterocycles. The normalized spacial score (nSPS) is 31.7. The number of hydrogen-bond donors (Lipinski definition) is 0. The van der Waals surface area contributed by atoms with Crippen molar-refractivity contribution in [2.45, 2.75) is 12.2 Å². The number of halogens is 5. The molecule has 1 aliphatic rings. The average molecular weight is 165 g/mol. The number of nitrogens with zero attached hydrogens (tertiary/aromatic N) is 1. The molecule has 1 aliphatic heterocycles. The van der Waals surface area contributed by atoms with Crippen LogP contribution < -0.4 is 0 Å². The molecule has 0 amide bonds. The van der Waals surface area contributed by atoms with Crippen LogP contribution in [-0.4, -0.2) is 16.7 Å². The molecule has 0 bridgehead atoms. The molecule has 0 aromatic heterocycles. The van der Waals surface area contributed by atoms with Crippen molar-refractivity contribution in [3.05, 3.63) is 0 Å². The Labute approximate surface area is 52.0 Å². The maximum atomic E-state index is 11.6. The van der Waals surface area contributed by atoms with Crippen molar-refractivity contribution in [1.82, 2.24) is 4.58 Å². The number of alkyl halides is 4. The maximum Gasteiger partial charge on any atom is 0.455 e. The lowest BCUT2D eigenvalue weighted by Crippen LogP contribution is -2.64. The predicted molar refractivity (Wildman–Crippen MR) is 18.7 cm³/mol. The highest BCUT2D eigenvalue weighted by Crippen LogP contribution is 2.49. The lowest BCUT2D eigenvalue weighted by molar-refractivity contribution is -0.561. The van der Waals surface area contributed by atoms with Crippen molar-refractivity contribution in [3.63, 3.8) is 0 Å². The van der Waals surface area contributed by atoms with E-state index in [1.54, 1.807) is 0 Å². The maximum absolute atomic E-state index is 11.6. The van der Waals surface area contributed by atoms with Crippen molar-refractivity contribution in [3.8, 4) is 0 Å². The van der Waals surface area contributed by atoms with Crippen LogP contribution in [0.4, 0.5) is 17.6 Å². The minimum Gasteiger partial charge on any atom is -0.201 e. The summed E-state index contributed by atoms with van der Waals surface area (Å²) >= 11 is 4.41. The van der Waals surface area contributed by atoms with Gasteiger partial charge in [0.2, 0.25) is 0 Å². The zero-order chi connectivity index (χ0) is 7.28. The lowest BCUT2D eigenvalue weighted by Gasteiger charge is -2.39. The van der Waals surface area contributed by atoms with Crippen molar-refractivity contribution >= 4 is 11.8 Å². The van der Waals surface area contributed by atoms with E-state index in [0.717, 1.165) is 0 Å². The van der Waals surface area contributed by atoms with Gasteiger partial charge in [0.15, 0.2) is 0 Å². The number of hydrogen-bond acceptors (Lipinski definition) is 2. The van der Waals surface area contributed by atoms with Gasteiger partial charge in [0, 0.05) is 11.8 Å². The molecular weight excluding hydrogens is 165 g/mol. The van der Waals surface area contributed by atoms with Crippen molar-refractivity contribution in [1.29, 1.82) is 0 Å². The zero-order valence-electron chi connectivity index (χ0n) is 3.75. The fourth-order valence-electron chi connectivity index (χ4n) is 0.276. The molecule has 1 fully saturated rings. The zero-order valence-corrected chi connectivity index (χ0v) is 4.50. The van der Waals surface area contributed by atoms with Gasteiger partial charge in [-0.3, -0.25) is 0 Å². The minimum atomic E-state index is -4.45. The highest BCUT2D eigenvalue weighted by atomic mass is 35.5. The molecule has 0 saturated carbocycles. The van der Waals surface area contributed by atoms with Gasteiger partial charge in [-0.25, -0.2) is 4.84 Å². The summed E-state index contributed by atoms with van der Waals surface area (Å²) < 4.78 is 45.5. The SMILES string of the molecule is FC1(F)ON(Cl)C1(F)F. The Balaban J connectivity index is 2.70. The quantitative estimate of drug-likeness (QED) is 0.307. The fraction of sp³-hybridized carbons (Fsp3) is 1.00. The van der Waals surface area contributed by atoms with Gasteiger partial charge in [-0.2, -0.15) is 17.6 Å². The molecule has 54 valence electrons. The molecule has 0 aliphatic carbocycles. The van der Waals surface area contributed by atoms with E-state index in [4.69, 9.17) is 0 Å². The first-order chi connectivity index (χ1) is 3.88. The second kappa shape index (κ2) is 1.50. The van der Waals surface area contributed by atoms with E-state index < -0.39 is 16.7 Å². The average Bonchev–Trinajstić information content (AvgIpc) is 1.65. The van der Waals surface area contributed by atoms with Crippen LogP contribution in [0.25, 0.3) is 0 Å². The summed E-state index contributed by atoms with van der Waals surface area (Å²) in [5.41, 5.74) is 0. The topological polar surface area (TPSA) is 12.5 Å². The third-order valence-corrected chi connectivity index (χ3v) is 1.05. The van der Waals surface area contributed by atoms with Gasteiger partial charge in [-0.05, 0) is 4.58 Å². The van der Waals surface area contributed by atoms with Crippen LogP contribution in [0.5, 0.6) is 0 Å². The third kappa shape index (κ3) is 0.702. The Morgan fingerprint density at radius 3 is 1.67 bits per heavy atom. The van der Waals surface area contributed by atoms with E-state index in [0.29, 0.717) is 0 Å². The summed E-state index contributed by atoms with van der Waals surface area (Å²) in [6, 6.07) is -4.38. The molecule has 0 radical (unpaired) electrons. The molecule has 0 aromatic carbocycles. The third-order valence-electron chi connectivity index (χ3n) is 0.766. The molecule has 1 rings (SSSR count). The molecule has 1 saturated heterocycles. The van der Waals surface area contributed by atoms with E-state index in [1.807, 2.05) is 0 Å². The highest BCUT2D eigenvalue weighted by molar-refractivity contribution is 6.13. The Morgan fingerprint density at radius 2 is 1.67 bits per heavy atom. The molecular formula is C2ClF4NO. The Morgan fingerprint density at radius 1 is 1.22 bits per heavy atom. The summed E-state index contributed by atoms with van der Waals surface area (Å²) in [7, 11) is 0. The summed E-state index contributed by atoms with van der Waals surface area (Å²) in [5.74, 6) is 0. The van der Waals surface area contributed by atoms with Gasteiger partial charge in [0.25, 0.3) is 0 Å². The van der Waals surface area contributed by atoms with Gasteiger partial charge < -0.3 is 0 Å². The molecule has 7 heteroatoms. The summed E-state index contributed by atoms with van der Waals surface area (Å²) in [4.78, 5) is 3.06. The molecule has 0 atom stereocenters. The van der Waals surface area contributed by atoms with Crippen LogP contribution in [0.3, 0.4) is 0 Å². The molecule has 0 aromatic rings. The van der Waals surface area contributed by atoms with Crippen LogP contribution >= 0.6 is 11.8 Å². The van der Waals surface area contributed by atoms with Crippen LogP contribution in [0.2, 0.25) is 0 Å². The van der Waals surface area contributed by atoms with Gasteiger partial charge in [0.05, 0.1) is 0 Å². The lowest BCUT2D eigenvalue weighted by atomic mass is 10.5.